The van der Waals surface area contributed by atoms with E-state index in [0.29, 0.717) is 31.1 Å². The highest BCUT2D eigenvalue weighted by atomic mass is 32.2. The highest BCUT2D eigenvalue weighted by molar-refractivity contribution is 7.90. The van der Waals surface area contributed by atoms with Crippen LogP contribution in [0, 0.1) is 11.3 Å². The van der Waals surface area contributed by atoms with E-state index < -0.39 is 15.4 Å². The van der Waals surface area contributed by atoms with Crippen molar-refractivity contribution in [2.45, 2.75) is 43.1 Å². The van der Waals surface area contributed by atoms with Gasteiger partial charge in [0, 0.05) is 32.9 Å². The molecule has 2 aliphatic rings. The maximum atomic E-state index is 12.7. The van der Waals surface area contributed by atoms with Crippen molar-refractivity contribution in [1.82, 2.24) is 9.80 Å². The molecule has 1 amide bonds. The van der Waals surface area contributed by atoms with Crippen LogP contribution in [-0.4, -0.2) is 69.2 Å². The Morgan fingerprint density at radius 3 is 2.39 bits per heavy atom. The van der Waals surface area contributed by atoms with Crippen molar-refractivity contribution in [2.75, 3.05) is 40.0 Å². The number of hydrogen-bond donors (Lipinski definition) is 1. The SMILES string of the molecule is CN(CCN(C)C(=O)[C@@]12CCC[C@@H]1C2)CC(C)(O)c1ccc(S(C)(=O)=O)cc1. The number of fused-ring (bicyclic) bond motifs is 1. The molecule has 2 saturated carbocycles. The zero-order valence-electron chi connectivity index (χ0n) is 17.3. The Kier molecular flexibility index (Phi) is 5.64. The summed E-state index contributed by atoms with van der Waals surface area (Å²) in [7, 11) is 0.545. The fourth-order valence-electron chi connectivity index (χ4n) is 4.66. The summed E-state index contributed by atoms with van der Waals surface area (Å²) in [5.74, 6) is 0.891. The lowest BCUT2D eigenvalue weighted by Gasteiger charge is -2.31. The predicted molar refractivity (Wildman–Crippen MR) is 109 cm³/mol. The van der Waals surface area contributed by atoms with Crippen molar-refractivity contribution < 1.29 is 18.3 Å². The summed E-state index contributed by atoms with van der Waals surface area (Å²) in [6.45, 7) is 3.41. The van der Waals surface area contributed by atoms with Crippen LogP contribution in [-0.2, 0) is 20.2 Å². The molecule has 3 rings (SSSR count). The van der Waals surface area contributed by atoms with Crippen LogP contribution in [0.15, 0.2) is 29.2 Å². The molecule has 0 spiro atoms. The Bertz CT molecular complexity index is 834. The Balaban J connectivity index is 1.53. The molecule has 2 aliphatic carbocycles. The van der Waals surface area contributed by atoms with Gasteiger partial charge in [-0.2, -0.15) is 0 Å². The number of amides is 1. The van der Waals surface area contributed by atoms with Crippen LogP contribution >= 0.6 is 0 Å². The first kappa shape index (κ1) is 21.3. The van der Waals surface area contributed by atoms with Gasteiger partial charge in [0.25, 0.3) is 0 Å². The third kappa shape index (κ3) is 4.26. The summed E-state index contributed by atoms with van der Waals surface area (Å²) in [5.41, 5.74) is -0.499. The van der Waals surface area contributed by atoms with Crippen LogP contribution < -0.4 is 0 Å². The van der Waals surface area contributed by atoms with Gasteiger partial charge in [0.15, 0.2) is 9.84 Å². The van der Waals surface area contributed by atoms with E-state index in [1.807, 2.05) is 23.9 Å². The van der Waals surface area contributed by atoms with Crippen LogP contribution in [0.4, 0.5) is 0 Å². The molecule has 6 nitrogen and oxygen atoms in total. The smallest absolute Gasteiger partial charge is 0.228 e. The third-order valence-corrected chi connectivity index (χ3v) is 7.61. The van der Waals surface area contributed by atoms with Gasteiger partial charge in [-0.25, -0.2) is 8.42 Å². The van der Waals surface area contributed by atoms with Crippen LogP contribution in [0.5, 0.6) is 0 Å². The van der Waals surface area contributed by atoms with Gasteiger partial charge in [0.05, 0.1) is 15.9 Å². The molecular weight excluding hydrogens is 376 g/mol. The molecule has 0 heterocycles. The van der Waals surface area contributed by atoms with Crippen LogP contribution in [0.25, 0.3) is 0 Å². The molecule has 1 aromatic rings. The van der Waals surface area contributed by atoms with E-state index in [-0.39, 0.29) is 16.2 Å². The molecule has 0 saturated heterocycles. The summed E-state index contributed by atoms with van der Waals surface area (Å²) >= 11 is 0. The normalized spacial score (nSPS) is 26.0. The summed E-state index contributed by atoms with van der Waals surface area (Å²) < 4.78 is 23.2. The van der Waals surface area contributed by atoms with Crippen LogP contribution in [0.1, 0.15) is 38.2 Å². The number of likely N-dealkylation sites (N-methyl/N-ethyl adjacent to an activating group) is 2. The first-order chi connectivity index (χ1) is 13.0. The van der Waals surface area contributed by atoms with E-state index in [1.165, 1.54) is 31.2 Å². The molecule has 2 fully saturated rings. The Morgan fingerprint density at radius 2 is 1.89 bits per heavy atom. The largest absolute Gasteiger partial charge is 0.384 e. The quantitative estimate of drug-likeness (QED) is 0.711. The van der Waals surface area contributed by atoms with Gasteiger partial charge in [-0.1, -0.05) is 18.6 Å². The highest BCUT2D eigenvalue weighted by Crippen LogP contribution is 2.64. The number of nitrogens with zero attached hydrogens (tertiary/aromatic N) is 2. The second-order valence-electron chi connectivity index (χ2n) is 8.98. The van der Waals surface area contributed by atoms with Crippen molar-refractivity contribution in [1.29, 1.82) is 0 Å². The molecule has 0 aromatic heterocycles. The summed E-state index contributed by atoms with van der Waals surface area (Å²) in [4.78, 5) is 16.8. The minimum Gasteiger partial charge on any atom is -0.384 e. The number of benzene rings is 1. The molecule has 156 valence electrons. The number of sulfone groups is 1. The highest BCUT2D eigenvalue weighted by Gasteiger charge is 2.62. The molecular formula is C21H32N2O4S. The number of carbonyl (C=O) groups is 1. The summed E-state index contributed by atoms with van der Waals surface area (Å²) in [6, 6.07) is 6.37. The zero-order valence-corrected chi connectivity index (χ0v) is 18.1. The fraction of sp³-hybridized carbons (Fsp3) is 0.667. The van der Waals surface area contributed by atoms with Crippen molar-refractivity contribution in [3.63, 3.8) is 0 Å². The van der Waals surface area contributed by atoms with Crippen molar-refractivity contribution >= 4 is 15.7 Å². The standard InChI is InChI=1S/C21H32N2O4S/c1-20(25,16-7-9-18(10-8-16)28(4,26)27)15-22(2)12-13-23(3)19(24)21-11-5-6-17(21)14-21/h7-10,17,25H,5-6,11-15H2,1-4H3/t17-,20?,21-/m1/s1. The Morgan fingerprint density at radius 1 is 1.25 bits per heavy atom. The molecule has 7 heteroatoms. The molecule has 0 bridgehead atoms. The average Bonchev–Trinajstić information content (AvgIpc) is 3.19. The Hall–Kier alpha value is -1.44. The second kappa shape index (κ2) is 7.43. The monoisotopic (exact) mass is 408 g/mol. The van der Waals surface area contributed by atoms with E-state index >= 15 is 0 Å². The van der Waals surface area contributed by atoms with Crippen molar-refractivity contribution in [3.8, 4) is 0 Å². The minimum absolute atomic E-state index is 0.0554. The summed E-state index contributed by atoms with van der Waals surface area (Å²) in [5, 5.41) is 10.9. The number of aliphatic hydroxyl groups is 1. The van der Waals surface area contributed by atoms with Gasteiger partial charge in [0.2, 0.25) is 5.91 Å². The molecule has 28 heavy (non-hydrogen) atoms. The van der Waals surface area contributed by atoms with E-state index in [0.717, 1.165) is 12.8 Å². The predicted octanol–water partition coefficient (Wildman–Crippen LogP) is 1.88. The van der Waals surface area contributed by atoms with Gasteiger partial charge < -0.3 is 14.9 Å². The number of carbonyl (C=O) groups excluding carboxylic acids is 1. The molecule has 1 N–H and O–H groups in total. The molecule has 1 unspecified atom stereocenters. The van der Waals surface area contributed by atoms with Gasteiger partial charge >= 0.3 is 0 Å². The van der Waals surface area contributed by atoms with E-state index in [4.69, 9.17) is 0 Å². The first-order valence-electron chi connectivity index (χ1n) is 9.93. The lowest BCUT2D eigenvalue weighted by molar-refractivity contribution is -0.136. The number of hydrogen-bond acceptors (Lipinski definition) is 5. The second-order valence-corrected chi connectivity index (χ2v) is 11.0. The topological polar surface area (TPSA) is 77.9 Å². The Labute approximate surface area is 168 Å². The van der Waals surface area contributed by atoms with Crippen LogP contribution in [0.2, 0.25) is 0 Å². The molecule has 0 aliphatic heterocycles. The van der Waals surface area contributed by atoms with Gasteiger partial charge in [-0.05, 0) is 56.8 Å². The molecule has 1 aromatic carbocycles. The van der Waals surface area contributed by atoms with E-state index in [1.54, 1.807) is 19.1 Å². The lowest BCUT2D eigenvalue weighted by Crippen LogP contribution is -2.42. The molecule has 3 atom stereocenters. The van der Waals surface area contributed by atoms with Crippen molar-refractivity contribution in [2.24, 2.45) is 11.3 Å². The molecule has 0 radical (unpaired) electrons. The van der Waals surface area contributed by atoms with Gasteiger partial charge in [-0.15, -0.1) is 0 Å². The van der Waals surface area contributed by atoms with E-state index in [2.05, 4.69) is 0 Å². The minimum atomic E-state index is -3.25. The first-order valence-corrected chi connectivity index (χ1v) is 11.8. The summed E-state index contributed by atoms with van der Waals surface area (Å²) in [6.07, 6.45) is 5.63. The maximum absolute atomic E-state index is 12.7. The van der Waals surface area contributed by atoms with E-state index in [9.17, 15) is 18.3 Å². The average molecular weight is 409 g/mol. The van der Waals surface area contributed by atoms with Crippen LogP contribution in [0.3, 0.4) is 0 Å². The lowest BCUT2D eigenvalue weighted by atomic mass is 9.95. The zero-order chi connectivity index (χ0) is 20.7. The van der Waals surface area contributed by atoms with Gasteiger partial charge in [0.1, 0.15) is 0 Å². The fourth-order valence-corrected chi connectivity index (χ4v) is 5.29. The van der Waals surface area contributed by atoms with Crippen molar-refractivity contribution in [3.05, 3.63) is 29.8 Å². The maximum Gasteiger partial charge on any atom is 0.228 e. The third-order valence-electron chi connectivity index (χ3n) is 6.48. The van der Waals surface area contributed by atoms with Gasteiger partial charge in [-0.3, -0.25) is 4.79 Å². The number of rotatable bonds is 8.